The van der Waals surface area contributed by atoms with E-state index in [0.717, 1.165) is 57.4 Å². The molecule has 2 aliphatic heterocycles. The van der Waals surface area contributed by atoms with Gasteiger partial charge in [-0.05, 0) is 56.8 Å². The largest absolute Gasteiger partial charge is 0.493 e. The second kappa shape index (κ2) is 9.47. The molecule has 162 valence electrons. The summed E-state index contributed by atoms with van der Waals surface area (Å²) in [5.74, 6) is 2.75. The number of hydrogen-bond acceptors (Lipinski definition) is 7. The predicted octanol–water partition coefficient (Wildman–Crippen LogP) is 2.98. The van der Waals surface area contributed by atoms with Crippen molar-refractivity contribution in [2.45, 2.75) is 38.6 Å². The Kier molecular flexibility index (Phi) is 6.52. The summed E-state index contributed by atoms with van der Waals surface area (Å²) in [4.78, 5) is 21.7. The zero-order chi connectivity index (χ0) is 20.9. The number of hydrogen-bond donors (Lipinski definition) is 0. The Bertz CT molecular complexity index is 863. The van der Waals surface area contributed by atoms with Gasteiger partial charge in [0.15, 0.2) is 11.5 Å². The molecule has 1 unspecified atom stereocenters. The molecule has 0 N–H and O–H groups in total. The van der Waals surface area contributed by atoms with Gasteiger partial charge in [-0.15, -0.1) is 0 Å². The van der Waals surface area contributed by atoms with Gasteiger partial charge in [0.1, 0.15) is 0 Å². The third-order valence-electron chi connectivity index (χ3n) is 5.99. The van der Waals surface area contributed by atoms with Crippen LogP contribution in [0.5, 0.6) is 11.5 Å². The first-order chi connectivity index (χ1) is 14.7. The van der Waals surface area contributed by atoms with Gasteiger partial charge in [-0.2, -0.15) is 4.98 Å². The van der Waals surface area contributed by atoms with Crippen LogP contribution < -0.4 is 9.47 Å². The zero-order valence-electron chi connectivity index (χ0n) is 17.8. The SMILES string of the molecule is COc1ccc(-c2noc(CN3CCCC(C(=O)N4CCCCC4)C3)n2)cc1OC. The summed E-state index contributed by atoms with van der Waals surface area (Å²) in [6, 6.07) is 5.54. The van der Waals surface area contributed by atoms with Crippen molar-refractivity contribution >= 4 is 5.91 Å². The summed E-state index contributed by atoms with van der Waals surface area (Å²) in [5.41, 5.74) is 0.805. The number of methoxy groups -OCH3 is 2. The number of aromatic nitrogens is 2. The summed E-state index contributed by atoms with van der Waals surface area (Å²) in [7, 11) is 3.20. The second-order valence-electron chi connectivity index (χ2n) is 8.04. The van der Waals surface area contributed by atoms with Crippen LogP contribution in [0.3, 0.4) is 0 Å². The lowest BCUT2D eigenvalue weighted by molar-refractivity contribution is -0.138. The molecule has 1 amide bonds. The first-order valence-corrected chi connectivity index (χ1v) is 10.7. The van der Waals surface area contributed by atoms with E-state index in [2.05, 4.69) is 19.9 Å². The maximum absolute atomic E-state index is 12.9. The van der Waals surface area contributed by atoms with Gasteiger partial charge in [-0.25, -0.2) is 0 Å². The van der Waals surface area contributed by atoms with E-state index in [9.17, 15) is 4.79 Å². The Hall–Kier alpha value is -2.61. The molecule has 3 heterocycles. The Morgan fingerprint density at radius 1 is 1.10 bits per heavy atom. The van der Waals surface area contributed by atoms with Gasteiger partial charge in [-0.1, -0.05) is 5.16 Å². The lowest BCUT2D eigenvalue weighted by Gasteiger charge is -2.35. The Morgan fingerprint density at radius 2 is 1.90 bits per heavy atom. The molecule has 8 heteroatoms. The quantitative estimate of drug-likeness (QED) is 0.719. The van der Waals surface area contributed by atoms with E-state index in [1.807, 2.05) is 18.2 Å². The molecule has 1 atom stereocenters. The highest BCUT2D eigenvalue weighted by atomic mass is 16.5. The van der Waals surface area contributed by atoms with Gasteiger partial charge in [0.25, 0.3) is 0 Å². The van der Waals surface area contributed by atoms with Crippen molar-refractivity contribution in [1.82, 2.24) is 19.9 Å². The fourth-order valence-corrected chi connectivity index (χ4v) is 4.38. The molecule has 2 aliphatic rings. The number of piperidine rings is 2. The minimum absolute atomic E-state index is 0.0742. The maximum atomic E-state index is 12.9. The van der Waals surface area contributed by atoms with E-state index in [-0.39, 0.29) is 5.92 Å². The van der Waals surface area contributed by atoms with Crippen LogP contribution in [0.1, 0.15) is 38.0 Å². The topological polar surface area (TPSA) is 80.9 Å². The van der Waals surface area contributed by atoms with Gasteiger partial charge >= 0.3 is 0 Å². The van der Waals surface area contributed by atoms with Gasteiger partial charge in [0.05, 0.1) is 26.7 Å². The van der Waals surface area contributed by atoms with Crippen LogP contribution >= 0.6 is 0 Å². The zero-order valence-corrected chi connectivity index (χ0v) is 17.8. The standard InChI is InChI=1S/C22H30N4O4/c1-28-18-9-8-16(13-19(18)29-2)21-23-20(30-24-21)15-25-10-6-7-17(14-25)22(27)26-11-4-3-5-12-26/h8-9,13,17H,3-7,10-12,14-15H2,1-2H3. The van der Waals surface area contributed by atoms with Crippen LogP contribution in [-0.2, 0) is 11.3 Å². The highest BCUT2D eigenvalue weighted by Gasteiger charge is 2.30. The van der Waals surface area contributed by atoms with E-state index in [1.165, 1.54) is 6.42 Å². The van der Waals surface area contributed by atoms with Gasteiger partial charge in [0.2, 0.25) is 17.6 Å². The van der Waals surface area contributed by atoms with Crippen molar-refractivity contribution < 1.29 is 18.8 Å². The summed E-state index contributed by atoms with van der Waals surface area (Å²) < 4.78 is 16.1. The van der Waals surface area contributed by atoms with Crippen molar-refractivity contribution in [2.75, 3.05) is 40.4 Å². The maximum Gasteiger partial charge on any atom is 0.241 e. The van der Waals surface area contributed by atoms with Crippen LogP contribution in [0.15, 0.2) is 22.7 Å². The molecule has 0 spiro atoms. The van der Waals surface area contributed by atoms with E-state index in [0.29, 0.717) is 35.7 Å². The summed E-state index contributed by atoms with van der Waals surface area (Å²) in [6.07, 6.45) is 5.47. The molecule has 0 radical (unpaired) electrons. The highest BCUT2D eigenvalue weighted by molar-refractivity contribution is 5.79. The van der Waals surface area contributed by atoms with E-state index < -0.39 is 0 Å². The third-order valence-corrected chi connectivity index (χ3v) is 5.99. The fraction of sp³-hybridized carbons (Fsp3) is 0.591. The van der Waals surface area contributed by atoms with Gasteiger partial charge < -0.3 is 18.9 Å². The van der Waals surface area contributed by atoms with Crippen LogP contribution in [-0.4, -0.2) is 66.2 Å². The number of carbonyl (C=O) groups excluding carboxylic acids is 1. The number of benzene rings is 1. The number of rotatable bonds is 6. The molecule has 2 fully saturated rings. The average Bonchev–Trinajstić information content (AvgIpc) is 3.27. The van der Waals surface area contributed by atoms with Crippen molar-refractivity contribution in [2.24, 2.45) is 5.92 Å². The predicted molar refractivity (Wildman–Crippen MR) is 111 cm³/mol. The van der Waals surface area contributed by atoms with Crippen LogP contribution in [0, 0.1) is 5.92 Å². The number of carbonyl (C=O) groups is 1. The number of amides is 1. The Labute approximate surface area is 177 Å². The van der Waals surface area contributed by atoms with Crippen LogP contribution in [0.25, 0.3) is 11.4 Å². The molecule has 1 aromatic heterocycles. The van der Waals surface area contributed by atoms with Crippen LogP contribution in [0.4, 0.5) is 0 Å². The minimum Gasteiger partial charge on any atom is -0.493 e. The monoisotopic (exact) mass is 414 g/mol. The Balaban J connectivity index is 1.39. The molecule has 4 rings (SSSR count). The first-order valence-electron chi connectivity index (χ1n) is 10.7. The van der Waals surface area contributed by atoms with Gasteiger partial charge in [0, 0.05) is 25.2 Å². The van der Waals surface area contributed by atoms with Crippen molar-refractivity contribution in [3.8, 4) is 22.9 Å². The van der Waals surface area contributed by atoms with Crippen LogP contribution in [0.2, 0.25) is 0 Å². The van der Waals surface area contributed by atoms with Crippen molar-refractivity contribution in [3.05, 3.63) is 24.1 Å². The summed E-state index contributed by atoms with van der Waals surface area (Å²) >= 11 is 0. The molecule has 0 aliphatic carbocycles. The number of likely N-dealkylation sites (tertiary alicyclic amines) is 2. The molecule has 2 saturated heterocycles. The molecular formula is C22H30N4O4. The molecule has 2 aromatic rings. The lowest BCUT2D eigenvalue weighted by atomic mass is 9.95. The molecule has 0 saturated carbocycles. The van der Waals surface area contributed by atoms with E-state index in [4.69, 9.17) is 14.0 Å². The lowest BCUT2D eigenvalue weighted by Crippen LogP contribution is -2.46. The average molecular weight is 415 g/mol. The smallest absolute Gasteiger partial charge is 0.241 e. The fourth-order valence-electron chi connectivity index (χ4n) is 4.38. The minimum atomic E-state index is 0.0742. The molecule has 8 nitrogen and oxygen atoms in total. The highest BCUT2D eigenvalue weighted by Crippen LogP contribution is 2.31. The molecule has 1 aromatic carbocycles. The van der Waals surface area contributed by atoms with Gasteiger partial charge in [-0.3, -0.25) is 9.69 Å². The summed E-state index contributed by atoms with van der Waals surface area (Å²) in [6.45, 7) is 4.08. The van der Waals surface area contributed by atoms with E-state index in [1.54, 1.807) is 14.2 Å². The molecule has 0 bridgehead atoms. The molecule has 30 heavy (non-hydrogen) atoms. The Morgan fingerprint density at radius 3 is 2.67 bits per heavy atom. The third kappa shape index (κ3) is 4.59. The number of nitrogens with zero attached hydrogens (tertiary/aromatic N) is 4. The van der Waals surface area contributed by atoms with E-state index >= 15 is 0 Å². The normalized spacial score (nSPS) is 20.2. The van der Waals surface area contributed by atoms with Crippen molar-refractivity contribution in [1.29, 1.82) is 0 Å². The molecular weight excluding hydrogens is 384 g/mol. The number of ether oxygens (including phenoxy) is 2. The summed E-state index contributed by atoms with van der Waals surface area (Å²) in [5, 5.41) is 4.13. The van der Waals surface area contributed by atoms with Crippen molar-refractivity contribution in [3.63, 3.8) is 0 Å². The second-order valence-corrected chi connectivity index (χ2v) is 8.04. The first kappa shape index (κ1) is 20.7.